The third-order valence-corrected chi connectivity index (χ3v) is 1.75. The molecular formula is C10H8F3NO. The number of halogens is 3. The zero-order chi connectivity index (χ0) is 11.5. The molecule has 2 N–H and O–H groups in total. The normalized spacial score (nSPS) is 11.9. The number of hydrogen-bond donors (Lipinski definition) is 1. The molecule has 0 fully saturated rings. The average Bonchev–Trinajstić information content (AvgIpc) is 2.15. The van der Waals surface area contributed by atoms with E-state index in [1.807, 2.05) is 0 Å². The van der Waals surface area contributed by atoms with Crippen LogP contribution >= 0.6 is 0 Å². The first-order chi connectivity index (χ1) is 6.95. The van der Waals surface area contributed by atoms with Crippen molar-refractivity contribution in [3.05, 3.63) is 35.4 Å². The standard InChI is InChI=1S/C10H8F3NO/c11-10(12,13)8-6-7(2-1-5-15)3-4-9(8)14/h1-6H,14H2. The summed E-state index contributed by atoms with van der Waals surface area (Å²) in [4.78, 5) is 9.99. The zero-order valence-corrected chi connectivity index (χ0v) is 7.58. The van der Waals surface area contributed by atoms with E-state index in [-0.39, 0.29) is 11.3 Å². The lowest BCUT2D eigenvalue weighted by molar-refractivity contribution is -0.136. The molecule has 0 heterocycles. The number of hydrogen-bond acceptors (Lipinski definition) is 2. The molecule has 0 saturated heterocycles. The Morgan fingerprint density at radius 2 is 1.93 bits per heavy atom. The molecule has 0 bridgehead atoms. The Hall–Kier alpha value is -1.78. The number of carbonyl (C=O) groups excluding carboxylic acids is 1. The first-order valence-electron chi connectivity index (χ1n) is 4.03. The second-order valence-electron chi connectivity index (χ2n) is 2.84. The maximum absolute atomic E-state index is 12.4. The van der Waals surface area contributed by atoms with E-state index in [2.05, 4.69) is 0 Å². The molecule has 0 amide bonds. The van der Waals surface area contributed by atoms with Crippen molar-refractivity contribution in [1.29, 1.82) is 0 Å². The minimum atomic E-state index is -4.48. The summed E-state index contributed by atoms with van der Waals surface area (Å²) in [7, 11) is 0. The topological polar surface area (TPSA) is 43.1 Å². The van der Waals surface area contributed by atoms with Crippen molar-refractivity contribution >= 4 is 18.0 Å². The Bertz CT molecular complexity index is 396. The Balaban J connectivity index is 3.17. The van der Waals surface area contributed by atoms with E-state index < -0.39 is 11.7 Å². The molecule has 2 nitrogen and oxygen atoms in total. The summed E-state index contributed by atoms with van der Waals surface area (Å²) in [6, 6.07) is 3.47. The van der Waals surface area contributed by atoms with Crippen LogP contribution in [0, 0.1) is 0 Å². The van der Waals surface area contributed by atoms with Crippen LogP contribution in [0.2, 0.25) is 0 Å². The largest absolute Gasteiger partial charge is 0.418 e. The zero-order valence-electron chi connectivity index (χ0n) is 7.58. The Labute approximate surface area is 84.2 Å². The van der Waals surface area contributed by atoms with Crippen LogP contribution in [0.1, 0.15) is 11.1 Å². The lowest BCUT2D eigenvalue weighted by Gasteiger charge is -2.10. The van der Waals surface area contributed by atoms with E-state index >= 15 is 0 Å². The molecule has 0 spiro atoms. The number of benzene rings is 1. The lowest BCUT2D eigenvalue weighted by atomic mass is 10.1. The summed E-state index contributed by atoms with van der Waals surface area (Å²) >= 11 is 0. The third-order valence-electron chi connectivity index (χ3n) is 1.75. The molecule has 1 rings (SSSR count). The number of carbonyl (C=O) groups is 1. The summed E-state index contributed by atoms with van der Waals surface area (Å²) in [6.45, 7) is 0. The summed E-state index contributed by atoms with van der Waals surface area (Å²) in [5.41, 5.74) is 4.25. The van der Waals surface area contributed by atoms with Crippen LogP contribution in [0.15, 0.2) is 24.3 Å². The Morgan fingerprint density at radius 1 is 1.27 bits per heavy atom. The van der Waals surface area contributed by atoms with E-state index in [1.54, 1.807) is 0 Å². The molecule has 0 unspecified atom stereocenters. The number of rotatable bonds is 2. The fraction of sp³-hybridized carbons (Fsp3) is 0.100. The molecule has 0 aliphatic heterocycles. The van der Waals surface area contributed by atoms with Crippen LogP contribution in [-0.2, 0) is 11.0 Å². The number of anilines is 1. The molecule has 80 valence electrons. The van der Waals surface area contributed by atoms with Gasteiger partial charge >= 0.3 is 6.18 Å². The van der Waals surface area contributed by atoms with Crippen LogP contribution in [0.5, 0.6) is 0 Å². The van der Waals surface area contributed by atoms with Gasteiger partial charge in [0.05, 0.1) is 5.56 Å². The van der Waals surface area contributed by atoms with Crippen LogP contribution in [0.4, 0.5) is 18.9 Å². The van der Waals surface area contributed by atoms with Gasteiger partial charge < -0.3 is 5.73 Å². The molecule has 0 aliphatic rings. The quantitative estimate of drug-likeness (QED) is 0.468. The summed E-state index contributed by atoms with van der Waals surface area (Å²) < 4.78 is 37.1. The molecule has 0 aromatic heterocycles. The number of alkyl halides is 3. The third kappa shape index (κ3) is 2.83. The fourth-order valence-electron chi connectivity index (χ4n) is 1.07. The minimum absolute atomic E-state index is 0.281. The molecular weight excluding hydrogens is 207 g/mol. The Morgan fingerprint density at radius 3 is 2.47 bits per heavy atom. The second kappa shape index (κ2) is 4.16. The van der Waals surface area contributed by atoms with Gasteiger partial charge in [0.2, 0.25) is 0 Å². The maximum Gasteiger partial charge on any atom is 0.418 e. The molecule has 1 aromatic rings. The predicted molar refractivity (Wildman–Crippen MR) is 51.0 cm³/mol. The predicted octanol–water partition coefficient (Wildman–Crippen LogP) is 2.50. The van der Waals surface area contributed by atoms with E-state index in [4.69, 9.17) is 5.73 Å². The Kier molecular flexibility index (Phi) is 3.14. The van der Waals surface area contributed by atoms with Crippen LogP contribution in [0.3, 0.4) is 0 Å². The second-order valence-corrected chi connectivity index (χ2v) is 2.84. The van der Waals surface area contributed by atoms with Gasteiger partial charge in [-0.15, -0.1) is 0 Å². The van der Waals surface area contributed by atoms with Gasteiger partial charge in [-0.25, -0.2) is 0 Å². The first kappa shape index (κ1) is 11.3. The SMILES string of the molecule is Nc1ccc(C=CC=O)cc1C(F)(F)F. The number of nitrogen functional groups attached to an aromatic ring is 1. The van der Waals surface area contributed by atoms with Gasteiger partial charge in [-0.3, -0.25) is 4.79 Å². The van der Waals surface area contributed by atoms with Crippen molar-refractivity contribution in [3.8, 4) is 0 Å². The van der Waals surface area contributed by atoms with Crippen molar-refractivity contribution in [2.75, 3.05) is 5.73 Å². The fourth-order valence-corrected chi connectivity index (χ4v) is 1.07. The highest BCUT2D eigenvalue weighted by molar-refractivity contribution is 5.74. The molecule has 15 heavy (non-hydrogen) atoms. The smallest absolute Gasteiger partial charge is 0.398 e. The van der Waals surface area contributed by atoms with Crippen molar-refractivity contribution in [3.63, 3.8) is 0 Å². The first-order valence-corrected chi connectivity index (χ1v) is 4.03. The monoisotopic (exact) mass is 215 g/mol. The van der Waals surface area contributed by atoms with Gasteiger partial charge in [-0.1, -0.05) is 12.1 Å². The number of allylic oxidation sites excluding steroid dienone is 1. The van der Waals surface area contributed by atoms with Crippen LogP contribution in [-0.4, -0.2) is 6.29 Å². The van der Waals surface area contributed by atoms with E-state index in [9.17, 15) is 18.0 Å². The molecule has 0 atom stereocenters. The van der Waals surface area contributed by atoms with E-state index in [0.29, 0.717) is 6.29 Å². The molecule has 0 radical (unpaired) electrons. The van der Waals surface area contributed by atoms with Crippen molar-refractivity contribution in [2.45, 2.75) is 6.18 Å². The minimum Gasteiger partial charge on any atom is -0.398 e. The van der Waals surface area contributed by atoms with Crippen molar-refractivity contribution in [2.24, 2.45) is 0 Å². The molecule has 0 aliphatic carbocycles. The highest BCUT2D eigenvalue weighted by Crippen LogP contribution is 2.34. The van der Waals surface area contributed by atoms with Gasteiger partial charge in [0.1, 0.15) is 6.29 Å². The molecule has 5 heteroatoms. The van der Waals surface area contributed by atoms with Gasteiger partial charge in [0.15, 0.2) is 0 Å². The van der Waals surface area contributed by atoms with E-state index in [1.165, 1.54) is 12.1 Å². The van der Waals surface area contributed by atoms with E-state index in [0.717, 1.165) is 18.2 Å². The summed E-state index contributed by atoms with van der Waals surface area (Å²) in [5.74, 6) is 0. The van der Waals surface area contributed by atoms with Gasteiger partial charge in [0.25, 0.3) is 0 Å². The van der Waals surface area contributed by atoms with Gasteiger partial charge in [0, 0.05) is 5.69 Å². The maximum atomic E-state index is 12.4. The van der Waals surface area contributed by atoms with Crippen LogP contribution < -0.4 is 5.73 Å². The van der Waals surface area contributed by atoms with Crippen molar-refractivity contribution < 1.29 is 18.0 Å². The van der Waals surface area contributed by atoms with Gasteiger partial charge in [-0.2, -0.15) is 13.2 Å². The lowest BCUT2D eigenvalue weighted by Crippen LogP contribution is -2.08. The number of nitrogens with two attached hydrogens (primary N) is 1. The van der Waals surface area contributed by atoms with Crippen LogP contribution in [0.25, 0.3) is 6.08 Å². The number of aldehydes is 1. The summed E-state index contributed by atoms with van der Waals surface area (Å²) in [6.07, 6.45) is -1.59. The molecule has 0 saturated carbocycles. The highest BCUT2D eigenvalue weighted by atomic mass is 19.4. The van der Waals surface area contributed by atoms with Gasteiger partial charge in [-0.05, 0) is 23.8 Å². The average molecular weight is 215 g/mol. The highest BCUT2D eigenvalue weighted by Gasteiger charge is 2.32. The summed E-state index contributed by atoms with van der Waals surface area (Å²) in [5, 5.41) is 0. The molecule has 1 aromatic carbocycles. The van der Waals surface area contributed by atoms with Crippen molar-refractivity contribution in [1.82, 2.24) is 0 Å².